The van der Waals surface area contributed by atoms with Gasteiger partial charge in [-0.3, -0.25) is 4.79 Å². The zero-order valence-electron chi connectivity index (χ0n) is 15.7. The number of esters is 1. The fourth-order valence-corrected chi connectivity index (χ4v) is 4.36. The molecule has 6 nitrogen and oxygen atoms in total. The van der Waals surface area contributed by atoms with Crippen molar-refractivity contribution in [1.29, 1.82) is 0 Å². The van der Waals surface area contributed by atoms with Crippen molar-refractivity contribution in [3.63, 3.8) is 0 Å². The van der Waals surface area contributed by atoms with Gasteiger partial charge in [0.25, 0.3) is 5.91 Å². The molecule has 0 unspecified atom stereocenters. The molecule has 0 bridgehead atoms. The molecule has 7 heteroatoms. The van der Waals surface area contributed by atoms with E-state index in [-0.39, 0.29) is 11.9 Å². The number of nitrogens with one attached hydrogen (secondary N) is 1. The van der Waals surface area contributed by atoms with Crippen LogP contribution in [0.4, 0.5) is 5.00 Å². The van der Waals surface area contributed by atoms with Gasteiger partial charge < -0.3 is 19.5 Å². The molecule has 1 heterocycles. The number of aryl methyl sites for hydroxylation is 1. The van der Waals surface area contributed by atoms with E-state index in [1.165, 1.54) is 25.6 Å². The van der Waals surface area contributed by atoms with Gasteiger partial charge in [0.15, 0.2) is 0 Å². The lowest BCUT2D eigenvalue weighted by Gasteiger charge is -2.10. The maximum absolute atomic E-state index is 12.8. The molecule has 1 aliphatic carbocycles. The number of methoxy groups -OCH3 is 2. The largest absolute Gasteiger partial charge is 0.497 e. The Balaban J connectivity index is 1.89. The Morgan fingerprint density at radius 1 is 1.11 bits per heavy atom. The number of rotatable bonds is 7. The van der Waals surface area contributed by atoms with Gasteiger partial charge in [-0.15, -0.1) is 11.3 Å². The van der Waals surface area contributed by atoms with Crippen molar-refractivity contribution < 1.29 is 23.8 Å². The first-order valence-electron chi connectivity index (χ1n) is 8.93. The minimum atomic E-state index is -0.366. The Kier molecular flexibility index (Phi) is 6.01. The Morgan fingerprint density at radius 3 is 2.44 bits per heavy atom. The molecule has 0 aliphatic heterocycles. The maximum Gasteiger partial charge on any atom is 0.341 e. The molecule has 0 radical (unpaired) electrons. The van der Waals surface area contributed by atoms with Crippen LogP contribution in [0.5, 0.6) is 11.5 Å². The Hall–Kier alpha value is -2.54. The zero-order chi connectivity index (χ0) is 19.4. The van der Waals surface area contributed by atoms with Crippen LogP contribution in [0, 0.1) is 0 Å². The van der Waals surface area contributed by atoms with Crippen molar-refractivity contribution in [2.24, 2.45) is 0 Å². The molecule has 1 amide bonds. The van der Waals surface area contributed by atoms with E-state index in [0.29, 0.717) is 34.2 Å². The van der Waals surface area contributed by atoms with Crippen molar-refractivity contribution in [2.45, 2.75) is 32.6 Å². The molecule has 1 aromatic heterocycles. The number of carbonyl (C=O) groups is 2. The summed E-state index contributed by atoms with van der Waals surface area (Å²) in [6.45, 7) is 2.31. The molecule has 0 atom stereocenters. The summed E-state index contributed by atoms with van der Waals surface area (Å²) in [6.07, 6.45) is 3.54. The van der Waals surface area contributed by atoms with Gasteiger partial charge in [0.1, 0.15) is 16.5 Å². The van der Waals surface area contributed by atoms with Crippen molar-refractivity contribution in [1.82, 2.24) is 0 Å². The van der Waals surface area contributed by atoms with Crippen LogP contribution in [-0.2, 0) is 17.6 Å². The number of amides is 1. The molecule has 1 aliphatic rings. The third-order valence-electron chi connectivity index (χ3n) is 4.40. The van der Waals surface area contributed by atoms with E-state index >= 15 is 0 Å². The summed E-state index contributed by atoms with van der Waals surface area (Å²) in [5, 5.41) is 3.43. The lowest BCUT2D eigenvalue weighted by atomic mass is 10.1. The van der Waals surface area contributed by atoms with Crippen molar-refractivity contribution in [2.75, 3.05) is 26.1 Å². The SMILES string of the molecule is CCCOC(=O)c1c(NC(=O)c2cc(OC)cc(OC)c2)sc2c1CCC2. The quantitative estimate of drug-likeness (QED) is 0.723. The number of carbonyl (C=O) groups excluding carboxylic acids is 2. The summed E-state index contributed by atoms with van der Waals surface area (Å²) in [5.41, 5.74) is 1.91. The minimum absolute atomic E-state index is 0.323. The summed E-state index contributed by atoms with van der Waals surface area (Å²) < 4.78 is 15.8. The third-order valence-corrected chi connectivity index (χ3v) is 5.61. The molecule has 1 N–H and O–H groups in total. The molecule has 0 spiro atoms. The Bertz CT molecular complexity index is 836. The first kappa shape index (κ1) is 19.2. The third kappa shape index (κ3) is 4.08. The predicted molar refractivity (Wildman–Crippen MR) is 104 cm³/mol. The highest BCUT2D eigenvalue weighted by Crippen LogP contribution is 2.40. The maximum atomic E-state index is 12.8. The van der Waals surface area contributed by atoms with Crippen LogP contribution in [-0.4, -0.2) is 32.7 Å². The summed E-state index contributed by atoms with van der Waals surface area (Å²) in [7, 11) is 3.06. The van der Waals surface area contributed by atoms with E-state index in [0.717, 1.165) is 36.1 Å². The van der Waals surface area contributed by atoms with E-state index in [9.17, 15) is 9.59 Å². The number of benzene rings is 1. The molecule has 2 aromatic rings. The number of thiophene rings is 1. The number of fused-ring (bicyclic) bond motifs is 1. The normalized spacial score (nSPS) is 12.4. The highest BCUT2D eigenvalue weighted by Gasteiger charge is 2.28. The van der Waals surface area contributed by atoms with Crippen LogP contribution < -0.4 is 14.8 Å². The lowest BCUT2D eigenvalue weighted by molar-refractivity contribution is 0.0505. The second-order valence-electron chi connectivity index (χ2n) is 6.25. The van der Waals surface area contributed by atoms with Crippen molar-refractivity contribution >= 4 is 28.2 Å². The lowest BCUT2D eigenvalue weighted by Crippen LogP contribution is -2.15. The predicted octanol–water partition coefficient (Wildman–Crippen LogP) is 4.07. The first-order valence-corrected chi connectivity index (χ1v) is 9.75. The first-order chi connectivity index (χ1) is 13.1. The molecule has 144 valence electrons. The molecule has 0 saturated carbocycles. The van der Waals surface area contributed by atoms with Gasteiger partial charge in [-0.2, -0.15) is 0 Å². The fourth-order valence-electron chi connectivity index (χ4n) is 3.09. The monoisotopic (exact) mass is 389 g/mol. The van der Waals surface area contributed by atoms with Crippen LogP contribution in [0.3, 0.4) is 0 Å². The van der Waals surface area contributed by atoms with Crippen LogP contribution in [0.1, 0.15) is 50.9 Å². The summed E-state index contributed by atoms with van der Waals surface area (Å²) in [6, 6.07) is 4.96. The van der Waals surface area contributed by atoms with Gasteiger partial charge in [-0.25, -0.2) is 4.79 Å². The van der Waals surface area contributed by atoms with Crippen LogP contribution in [0.15, 0.2) is 18.2 Å². The molecular formula is C20H23NO5S. The standard InChI is InChI=1S/C20H23NO5S/c1-4-8-26-20(23)17-15-6-5-7-16(15)27-19(17)21-18(22)12-9-13(24-2)11-14(10-12)25-3/h9-11H,4-8H2,1-3H3,(H,21,22). The molecular weight excluding hydrogens is 366 g/mol. The van der Waals surface area contributed by atoms with Gasteiger partial charge in [-0.05, 0) is 43.4 Å². The Morgan fingerprint density at radius 2 is 1.81 bits per heavy atom. The van der Waals surface area contributed by atoms with Crippen LogP contribution in [0.25, 0.3) is 0 Å². The molecule has 1 aromatic carbocycles. The van der Waals surface area contributed by atoms with Crippen molar-refractivity contribution in [3.8, 4) is 11.5 Å². The zero-order valence-corrected chi connectivity index (χ0v) is 16.5. The molecule has 3 rings (SSSR count). The van der Waals surface area contributed by atoms with E-state index < -0.39 is 0 Å². The Labute approximate surface area is 162 Å². The highest BCUT2D eigenvalue weighted by molar-refractivity contribution is 7.17. The molecule has 0 saturated heterocycles. The highest BCUT2D eigenvalue weighted by atomic mass is 32.1. The fraction of sp³-hybridized carbons (Fsp3) is 0.400. The van der Waals surface area contributed by atoms with Crippen molar-refractivity contribution in [3.05, 3.63) is 39.8 Å². The smallest absolute Gasteiger partial charge is 0.341 e. The molecule has 27 heavy (non-hydrogen) atoms. The van der Waals surface area contributed by atoms with Crippen LogP contribution in [0.2, 0.25) is 0 Å². The molecule has 0 fully saturated rings. The second kappa shape index (κ2) is 8.43. The number of ether oxygens (including phenoxy) is 3. The van der Waals surface area contributed by atoms with Gasteiger partial charge in [0, 0.05) is 16.5 Å². The summed E-state index contributed by atoms with van der Waals surface area (Å²) in [5.74, 6) is 0.359. The van der Waals surface area contributed by atoms with Gasteiger partial charge in [0.05, 0.1) is 26.4 Å². The van der Waals surface area contributed by atoms with E-state index in [1.807, 2.05) is 6.92 Å². The van der Waals surface area contributed by atoms with Gasteiger partial charge >= 0.3 is 5.97 Å². The number of hydrogen-bond donors (Lipinski definition) is 1. The topological polar surface area (TPSA) is 73.9 Å². The van der Waals surface area contributed by atoms with Crippen LogP contribution >= 0.6 is 11.3 Å². The second-order valence-corrected chi connectivity index (χ2v) is 7.36. The average molecular weight is 389 g/mol. The number of hydrogen-bond acceptors (Lipinski definition) is 6. The van der Waals surface area contributed by atoms with E-state index in [2.05, 4.69) is 5.32 Å². The van der Waals surface area contributed by atoms with Gasteiger partial charge in [0.2, 0.25) is 0 Å². The minimum Gasteiger partial charge on any atom is -0.497 e. The van der Waals surface area contributed by atoms with E-state index in [4.69, 9.17) is 14.2 Å². The summed E-state index contributed by atoms with van der Waals surface area (Å²) in [4.78, 5) is 26.5. The summed E-state index contributed by atoms with van der Waals surface area (Å²) >= 11 is 1.46. The average Bonchev–Trinajstić information content (AvgIpc) is 3.26. The van der Waals surface area contributed by atoms with Gasteiger partial charge in [-0.1, -0.05) is 6.92 Å². The number of anilines is 1. The van der Waals surface area contributed by atoms with E-state index in [1.54, 1.807) is 18.2 Å².